The van der Waals surface area contributed by atoms with Gasteiger partial charge in [-0.3, -0.25) is 9.59 Å². The topological polar surface area (TPSA) is 107 Å². The number of hydrogen-bond donors (Lipinski definition) is 2. The number of aliphatic hydroxyl groups is 1. The summed E-state index contributed by atoms with van der Waals surface area (Å²) in [5.74, 6) is -0.193. The molecule has 3 heterocycles. The Labute approximate surface area is 208 Å². The van der Waals surface area contributed by atoms with Gasteiger partial charge in [-0.05, 0) is 39.5 Å². The number of amides is 1. The van der Waals surface area contributed by atoms with Gasteiger partial charge in [-0.15, -0.1) is 0 Å². The SMILES string of the molecule is CCC(=O)O[C@H]1C[C@]2(CO2)C[C@@H](/C=C/C(C)=C/C[C@@H]2O[C@H](C)[C@H](NC(=O)/C=C\[C@H](C)O)C[C@@H]2C)O1. The van der Waals surface area contributed by atoms with Crippen molar-refractivity contribution in [2.45, 2.75) is 109 Å². The number of carbonyl (C=O) groups is 2. The summed E-state index contributed by atoms with van der Waals surface area (Å²) < 4.78 is 23.3. The van der Waals surface area contributed by atoms with Crippen molar-refractivity contribution >= 4 is 11.9 Å². The first-order valence-corrected chi connectivity index (χ1v) is 12.7. The highest BCUT2D eigenvalue weighted by Gasteiger charge is 2.52. The minimum atomic E-state index is -0.652. The van der Waals surface area contributed by atoms with Crippen molar-refractivity contribution in [2.75, 3.05) is 6.61 Å². The first-order chi connectivity index (χ1) is 16.6. The molecule has 1 spiro atoms. The molecule has 8 nitrogen and oxygen atoms in total. The molecule has 0 saturated carbocycles. The largest absolute Gasteiger partial charge is 0.436 e. The second-order valence-electron chi connectivity index (χ2n) is 10.2. The zero-order valence-corrected chi connectivity index (χ0v) is 21.6. The molecule has 8 atom stereocenters. The Balaban J connectivity index is 1.49. The molecule has 196 valence electrons. The molecule has 0 aromatic rings. The quantitative estimate of drug-likeness (QED) is 0.220. The Morgan fingerprint density at radius 1 is 1.23 bits per heavy atom. The van der Waals surface area contributed by atoms with Crippen molar-refractivity contribution in [3.05, 3.63) is 36.0 Å². The molecule has 35 heavy (non-hydrogen) atoms. The number of carbonyl (C=O) groups excluding carboxylic acids is 2. The van der Waals surface area contributed by atoms with E-state index in [9.17, 15) is 14.7 Å². The lowest BCUT2D eigenvalue weighted by atomic mass is 9.88. The highest BCUT2D eigenvalue weighted by molar-refractivity contribution is 5.87. The van der Waals surface area contributed by atoms with Gasteiger partial charge in [0, 0.05) is 25.3 Å². The number of esters is 1. The number of epoxide rings is 1. The molecule has 0 aromatic heterocycles. The predicted octanol–water partition coefficient (Wildman–Crippen LogP) is 3.34. The maximum absolute atomic E-state index is 12.1. The molecule has 8 heteroatoms. The van der Waals surface area contributed by atoms with Gasteiger partial charge in [-0.2, -0.15) is 0 Å². The number of ether oxygens (including phenoxy) is 4. The van der Waals surface area contributed by atoms with Crippen molar-refractivity contribution in [3.8, 4) is 0 Å². The minimum absolute atomic E-state index is 0.0625. The first kappa shape index (κ1) is 27.6. The van der Waals surface area contributed by atoms with E-state index in [2.05, 4.69) is 18.3 Å². The molecule has 0 radical (unpaired) electrons. The molecule has 3 saturated heterocycles. The Morgan fingerprint density at radius 2 is 1.97 bits per heavy atom. The van der Waals surface area contributed by atoms with Crippen LogP contribution in [0.25, 0.3) is 0 Å². The summed E-state index contributed by atoms with van der Waals surface area (Å²) in [6, 6.07) is -0.0625. The van der Waals surface area contributed by atoms with E-state index < -0.39 is 12.4 Å². The zero-order chi connectivity index (χ0) is 25.6. The van der Waals surface area contributed by atoms with Gasteiger partial charge in [0.25, 0.3) is 0 Å². The van der Waals surface area contributed by atoms with E-state index in [0.717, 1.165) is 24.8 Å². The van der Waals surface area contributed by atoms with Crippen LogP contribution >= 0.6 is 0 Å². The lowest BCUT2D eigenvalue weighted by Crippen LogP contribution is -2.50. The fourth-order valence-corrected chi connectivity index (χ4v) is 4.59. The summed E-state index contributed by atoms with van der Waals surface area (Å²) >= 11 is 0. The van der Waals surface area contributed by atoms with Crippen LogP contribution in [0.3, 0.4) is 0 Å². The van der Waals surface area contributed by atoms with Crippen molar-refractivity contribution < 1.29 is 33.6 Å². The standard InChI is InChI=1S/C27H41NO7/c1-6-25(31)35-26-15-27(16-32-27)14-21(34-26)10-7-17(2)8-11-23-18(3)13-22(20(5)33-23)28-24(30)12-9-19(4)29/h7-10,12,18-23,26,29H,6,11,13-16H2,1-5H3,(H,28,30)/b10-7+,12-9-,17-8+/t18-,19-,20+,21+,22+,23-,26-,27-/m0/s1. The lowest BCUT2D eigenvalue weighted by molar-refractivity contribution is -0.204. The van der Waals surface area contributed by atoms with Crippen LogP contribution in [-0.2, 0) is 28.5 Å². The Kier molecular flexibility index (Phi) is 9.69. The summed E-state index contributed by atoms with van der Waals surface area (Å²) in [5, 5.41) is 12.3. The highest BCUT2D eigenvalue weighted by atomic mass is 16.7. The van der Waals surface area contributed by atoms with Crippen LogP contribution in [0.2, 0.25) is 0 Å². The van der Waals surface area contributed by atoms with E-state index in [1.165, 1.54) is 12.2 Å². The average Bonchev–Trinajstić information content (AvgIpc) is 3.54. The van der Waals surface area contributed by atoms with Gasteiger partial charge in [-0.25, -0.2) is 0 Å². The van der Waals surface area contributed by atoms with E-state index in [1.807, 2.05) is 26.0 Å². The lowest BCUT2D eigenvalue weighted by Gasteiger charge is -2.39. The molecule has 3 rings (SSSR count). The molecule has 3 fully saturated rings. The molecule has 0 unspecified atom stereocenters. The smallest absolute Gasteiger partial charge is 0.307 e. The van der Waals surface area contributed by atoms with Crippen LogP contribution in [0, 0.1) is 5.92 Å². The van der Waals surface area contributed by atoms with E-state index in [1.54, 1.807) is 13.8 Å². The van der Waals surface area contributed by atoms with Gasteiger partial charge in [0.1, 0.15) is 5.60 Å². The van der Waals surface area contributed by atoms with Crippen LogP contribution in [-0.4, -0.2) is 65.9 Å². The average molecular weight is 492 g/mol. The van der Waals surface area contributed by atoms with Gasteiger partial charge in [0.15, 0.2) is 0 Å². The van der Waals surface area contributed by atoms with E-state index in [0.29, 0.717) is 19.4 Å². The summed E-state index contributed by atoms with van der Waals surface area (Å²) in [6.45, 7) is 10.2. The van der Waals surface area contributed by atoms with Crippen molar-refractivity contribution in [2.24, 2.45) is 5.92 Å². The summed E-state index contributed by atoms with van der Waals surface area (Å²) in [5.41, 5.74) is 0.887. The fourth-order valence-electron chi connectivity index (χ4n) is 4.59. The normalized spacial score (nSPS) is 36.5. The van der Waals surface area contributed by atoms with E-state index in [4.69, 9.17) is 18.9 Å². The maximum atomic E-state index is 12.1. The number of allylic oxidation sites excluding steroid dienone is 2. The number of hydrogen-bond acceptors (Lipinski definition) is 7. The second kappa shape index (κ2) is 12.3. The van der Waals surface area contributed by atoms with Crippen molar-refractivity contribution in [1.82, 2.24) is 5.32 Å². The number of nitrogens with one attached hydrogen (secondary N) is 1. The van der Waals surface area contributed by atoms with Crippen LogP contribution < -0.4 is 5.32 Å². The maximum Gasteiger partial charge on any atom is 0.307 e. The van der Waals surface area contributed by atoms with Gasteiger partial charge in [0.2, 0.25) is 12.2 Å². The first-order valence-electron chi connectivity index (χ1n) is 12.7. The molecular formula is C27H41NO7. The van der Waals surface area contributed by atoms with Crippen molar-refractivity contribution in [3.63, 3.8) is 0 Å². The van der Waals surface area contributed by atoms with Crippen LogP contribution in [0.5, 0.6) is 0 Å². The molecule has 2 N–H and O–H groups in total. The molecule has 1 amide bonds. The third kappa shape index (κ3) is 8.56. The molecule has 3 aliphatic heterocycles. The van der Waals surface area contributed by atoms with Crippen molar-refractivity contribution in [1.29, 1.82) is 0 Å². The zero-order valence-electron chi connectivity index (χ0n) is 21.6. The number of aliphatic hydroxyl groups excluding tert-OH is 1. The molecule has 3 aliphatic rings. The highest BCUT2D eigenvalue weighted by Crippen LogP contribution is 2.42. The van der Waals surface area contributed by atoms with Gasteiger partial charge in [0.05, 0.1) is 37.1 Å². The summed E-state index contributed by atoms with van der Waals surface area (Å²) in [4.78, 5) is 23.8. The minimum Gasteiger partial charge on any atom is -0.436 e. The van der Waals surface area contributed by atoms with Gasteiger partial charge >= 0.3 is 5.97 Å². The van der Waals surface area contributed by atoms with E-state index >= 15 is 0 Å². The van der Waals surface area contributed by atoms with Crippen LogP contribution in [0.4, 0.5) is 0 Å². The predicted molar refractivity (Wildman–Crippen MR) is 131 cm³/mol. The molecule has 0 bridgehead atoms. The fraction of sp³-hybridized carbons (Fsp3) is 0.704. The van der Waals surface area contributed by atoms with E-state index in [-0.39, 0.29) is 47.7 Å². The summed E-state index contributed by atoms with van der Waals surface area (Å²) in [6.07, 6.45) is 10.9. The Bertz CT molecular complexity index is 829. The van der Waals surface area contributed by atoms with Crippen LogP contribution in [0.15, 0.2) is 36.0 Å². The summed E-state index contributed by atoms with van der Waals surface area (Å²) in [7, 11) is 0. The van der Waals surface area contributed by atoms with Gasteiger partial charge < -0.3 is 29.4 Å². The molecule has 0 aromatic carbocycles. The molecular weight excluding hydrogens is 450 g/mol. The third-order valence-electron chi connectivity index (χ3n) is 6.86. The monoisotopic (exact) mass is 491 g/mol. The Morgan fingerprint density at radius 3 is 2.63 bits per heavy atom. The van der Waals surface area contributed by atoms with Crippen LogP contribution in [0.1, 0.15) is 66.7 Å². The second-order valence-corrected chi connectivity index (χ2v) is 10.2. The van der Waals surface area contributed by atoms with Gasteiger partial charge in [-0.1, -0.05) is 43.7 Å². The molecule has 0 aliphatic carbocycles. The Hall–Kier alpha value is -2.00. The third-order valence-corrected chi connectivity index (χ3v) is 6.86. The number of rotatable bonds is 9.